The molecule has 2 aromatic heterocycles. The number of nitrogens with zero attached hydrogens (tertiary/aromatic N) is 5. The molecule has 0 saturated heterocycles. The molecule has 6 nitrogen and oxygen atoms in total. The van der Waals surface area contributed by atoms with Gasteiger partial charge < -0.3 is 5.11 Å². The molecule has 0 fully saturated rings. The molecule has 0 amide bonds. The summed E-state index contributed by atoms with van der Waals surface area (Å²) in [5, 5.41) is 27.6. The van der Waals surface area contributed by atoms with Crippen molar-refractivity contribution in [3.05, 3.63) is 78.2 Å². The summed E-state index contributed by atoms with van der Waals surface area (Å²) in [6, 6.07) is 17.8. The molecule has 0 spiro atoms. The Morgan fingerprint density at radius 1 is 1.04 bits per heavy atom. The molecule has 7 heteroatoms. The number of pyridine rings is 1. The zero-order chi connectivity index (χ0) is 18.8. The zero-order valence-corrected chi connectivity index (χ0v) is 13.9. The lowest BCUT2D eigenvalue weighted by Crippen LogP contribution is -1.83. The van der Waals surface area contributed by atoms with Crippen LogP contribution >= 0.6 is 0 Å². The maximum atomic E-state index is 13.3. The number of fused-ring (bicyclic) bond motifs is 1. The predicted octanol–water partition coefficient (Wildman–Crippen LogP) is 5.13. The second-order valence-electron chi connectivity index (χ2n) is 5.74. The first-order valence-electron chi connectivity index (χ1n) is 8.03. The summed E-state index contributed by atoms with van der Waals surface area (Å²) < 4.78 is 14.9. The van der Waals surface area contributed by atoms with Gasteiger partial charge in [0.15, 0.2) is 17.2 Å². The molecule has 0 saturated carbocycles. The van der Waals surface area contributed by atoms with Crippen LogP contribution in [0.5, 0.6) is 5.75 Å². The monoisotopic (exact) mass is 357 g/mol. The van der Waals surface area contributed by atoms with E-state index in [1.54, 1.807) is 53.1 Å². The molecule has 0 atom stereocenters. The van der Waals surface area contributed by atoms with E-state index in [0.717, 1.165) is 0 Å². The minimum absolute atomic E-state index is 0.00575. The number of imidazole rings is 1. The van der Waals surface area contributed by atoms with E-state index in [-0.39, 0.29) is 11.6 Å². The van der Waals surface area contributed by atoms with Gasteiger partial charge in [-0.05, 0) is 54.6 Å². The molecule has 27 heavy (non-hydrogen) atoms. The highest BCUT2D eigenvalue weighted by Crippen LogP contribution is 2.34. The lowest BCUT2D eigenvalue weighted by Gasteiger charge is -2.00. The van der Waals surface area contributed by atoms with Crippen LogP contribution in [0.25, 0.3) is 16.9 Å². The Balaban J connectivity index is 1.88. The maximum Gasteiger partial charge on any atom is 0.187 e. The summed E-state index contributed by atoms with van der Waals surface area (Å²) in [7, 11) is 0. The Bertz CT molecular complexity index is 1210. The van der Waals surface area contributed by atoms with Crippen LogP contribution < -0.4 is 0 Å². The smallest absolute Gasteiger partial charge is 0.187 e. The SMILES string of the molecule is N#Cc1cccc(N=Nc2c(-c3ccc(F)cc3)nc3c(O)cccn23)c1. The molecule has 4 aromatic rings. The molecule has 130 valence electrons. The molecule has 0 radical (unpaired) electrons. The van der Waals surface area contributed by atoms with Crippen LogP contribution in [-0.4, -0.2) is 14.5 Å². The van der Waals surface area contributed by atoms with Gasteiger partial charge in [0.05, 0.1) is 17.3 Å². The number of hydrogen-bond donors (Lipinski definition) is 1. The van der Waals surface area contributed by atoms with Crippen LogP contribution in [0.2, 0.25) is 0 Å². The second-order valence-corrected chi connectivity index (χ2v) is 5.74. The van der Waals surface area contributed by atoms with Gasteiger partial charge in [0.2, 0.25) is 0 Å². The van der Waals surface area contributed by atoms with E-state index < -0.39 is 0 Å². The Morgan fingerprint density at radius 3 is 2.63 bits per heavy atom. The Morgan fingerprint density at radius 2 is 1.85 bits per heavy atom. The Hall–Kier alpha value is -4.05. The van der Waals surface area contributed by atoms with Crippen molar-refractivity contribution in [3.63, 3.8) is 0 Å². The third-order valence-electron chi connectivity index (χ3n) is 3.96. The van der Waals surface area contributed by atoms with Gasteiger partial charge in [-0.15, -0.1) is 10.2 Å². The van der Waals surface area contributed by atoms with Gasteiger partial charge in [-0.3, -0.25) is 4.40 Å². The lowest BCUT2D eigenvalue weighted by atomic mass is 10.1. The van der Waals surface area contributed by atoms with Gasteiger partial charge in [0.1, 0.15) is 11.5 Å². The Labute approximate surface area is 153 Å². The lowest BCUT2D eigenvalue weighted by molar-refractivity contribution is 0.477. The first-order chi connectivity index (χ1) is 13.2. The highest BCUT2D eigenvalue weighted by atomic mass is 19.1. The number of hydrogen-bond acceptors (Lipinski definition) is 5. The summed E-state index contributed by atoms with van der Waals surface area (Å²) in [6.07, 6.45) is 1.70. The van der Waals surface area contributed by atoms with Gasteiger partial charge >= 0.3 is 0 Å². The van der Waals surface area contributed by atoms with Crippen molar-refractivity contribution in [1.29, 1.82) is 5.26 Å². The molecule has 2 aromatic carbocycles. The van der Waals surface area contributed by atoms with Gasteiger partial charge in [0, 0.05) is 11.8 Å². The average Bonchev–Trinajstić information content (AvgIpc) is 3.07. The van der Waals surface area contributed by atoms with E-state index in [1.165, 1.54) is 18.2 Å². The number of halogens is 1. The summed E-state index contributed by atoms with van der Waals surface area (Å²) in [4.78, 5) is 4.44. The third kappa shape index (κ3) is 3.12. The van der Waals surface area contributed by atoms with Crippen LogP contribution in [0.1, 0.15) is 5.56 Å². The van der Waals surface area contributed by atoms with Crippen molar-refractivity contribution in [1.82, 2.24) is 9.38 Å². The highest BCUT2D eigenvalue weighted by molar-refractivity contribution is 5.76. The molecular weight excluding hydrogens is 345 g/mol. The number of nitriles is 1. The van der Waals surface area contributed by atoms with E-state index in [4.69, 9.17) is 5.26 Å². The van der Waals surface area contributed by atoms with E-state index in [0.29, 0.717) is 34.0 Å². The Kier molecular flexibility index (Phi) is 4.07. The molecule has 0 unspecified atom stereocenters. The number of benzene rings is 2. The largest absolute Gasteiger partial charge is 0.504 e. The topological polar surface area (TPSA) is 86.0 Å². The number of rotatable bonds is 3. The first-order valence-corrected chi connectivity index (χ1v) is 8.03. The maximum absolute atomic E-state index is 13.3. The van der Waals surface area contributed by atoms with E-state index in [2.05, 4.69) is 21.3 Å². The molecule has 4 rings (SSSR count). The van der Waals surface area contributed by atoms with Crippen molar-refractivity contribution in [2.45, 2.75) is 0 Å². The van der Waals surface area contributed by atoms with E-state index >= 15 is 0 Å². The van der Waals surface area contributed by atoms with Gasteiger partial charge in [-0.2, -0.15) is 5.26 Å². The van der Waals surface area contributed by atoms with Crippen molar-refractivity contribution in [2.75, 3.05) is 0 Å². The first kappa shape index (κ1) is 16.4. The standard InChI is InChI=1S/C20H12FN5O/c21-15-8-6-14(7-9-15)18-20(26-10-2-5-17(27)19(26)23-18)25-24-16-4-1-3-13(11-16)12-22/h1-11,27H. The number of aromatic nitrogens is 2. The number of aromatic hydroxyl groups is 1. The minimum atomic E-state index is -0.359. The highest BCUT2D eigenvalue weighted by Gasteiger charge is 2.16. The van der Waals surface area contributed by atoms with Gasteiger partial charge in [0.25, 0.3) is 0 Å². The summed E-state index contributed by atoms with van der Waals surface area (Å²) in [6.45, 7) is 0. The van der Waals surface area contributed by atoms with Crippen molar-refractivity contribution in [3.8, 4) is 23.1 Å². The van der Waals surface area contributed by atoms with Crippen LogP contribution in [0.4, 0.5) is 15.9 Å². The summed E-state index contributed by atoms with van der Waals surface area (Å²) in [5.41, 5.74) is 2.39. The fraction of sp³-hybridized carbons (Fsp3) is 0. The van der Waals surface area contributed by atoms with Gasteiger partial charge in [-0.1, -0.05) is 6.07 Å². The quantitative estimate of drug-likeness (QED) is 0.516. The zero-order valence-electron chi connectivity index (χ0n) is 13.9. The molecule has 0 aliphatic heterocycles. The van der Waals surface area contributed by atoms with Crippen molar-refractivity contribution < 1.29 is 9.50 Å². The van der Waals surface area contributed by atoms with Crippen LogP contribution in [0.15, 0.2) is 77.1 Å². The van der Waals surface area contributed by atoms with Crippen molar-refractivity contribution >= 4 is 17.2 Å². The van der Waals surface area contributed by atoms with Crippen LogP contribution in [-0.2, 0) is 0 Å². The molecule has 2 heterocycles. The molecule has 0 aliphatic carbocycles. The second kappa shape index (κ2) is 6.69. The van der Waals surface area contributed by atoms with Crippen LogP contribution in [0, 0.1) is 17.1 Å². The van der Waals surface area contributed by atoms with Crippen molar-refractivity contribution in [2.24, 2.45) is 10.2 Å². The normalized spacial score (nSPS) is 11.1. The molecule has 0 bridgehead atoms. The minimum Gasteiger partial charge on any atom is -0.504 e. The molecule has 1 N–H and O–H groups in total. The molecule has 0 aliphatic rings. The predicted molar refractivity (Wildman–Crippen MR) is 97.6 cm³/mol. The average molecular weight is 357 g/mol. The fourth-order valence-electron chi connectivity index (χ4n) is 2.68. The van der Waals surface area contributed by atoms with Crippen LogP contribution in [0.3, 0.4) is 0 Å². The van der Waals surface area contributed by atoms with E-state index in [9.17, 15) is 9.50 Å². The molecular formula is C20H12FN5O. The summed E-state index contributed by atoms with van der Waals surface area (Å²) >= 11 is 0. The summed E-state index contributed by atoms with van der Waals surface area (Å²) in [5.74, 6) is 0.0190. The fourth-order valence-corrected chi connectivity index (χ4v) is 2.68. The van der Waals surface area contributed by atoms with E-state index in [1.807, 2.05) is 0 Å². The van der Waals surface area contributed by atoms with Gasteiger partial charge in [-0.25, -0.2) is 9.37 Å². The third-order valence-corrected chi connectivity index (χ3v) is 3.96. The number of azo groups is 1.